The summed E-state index contributed by atoms with van der Waals surface area (Å²) >= 11 is 0. The Morgan fingerprint density at radius 1 is 1.37 bits per heavy atom. The molecule has 100 valence electrons. The summed E-state index contributed by atoms with van der Waals surface area (Å²) < 4.78 is 0. The van der Waals surface area contributed by atoms with E-state index in [0.29, 0.717) is 12.1 Å². The fourth-order valence-electron chi connectivity index (χ4n) is 1.94. The zero-order valence-electron chi connectivity index (χ0n) is 11.2. The number of nitrogens with one attached hydrogen (secondary N) is 2. The molecule has 0 unspecified atom stereocenters. The first-order valence-corrected chi connectivity index (χ1v) is 5.98. The van der Waals surface area contributed by atoms with Crippen LogP contribution in [0.5, 0.6) is 0 Å². The summed E-state index contributed by atoms with van der Waals surface area (Å²) in [5, 5.41) is 21.1. The van der Waals surface area contributed by atoms with Gasteiger partial charge in [-0.25, -0.2) is 0 Å². The van der Waals surface area contributed by atoms with Gasteiger partial charge in [0.15, 0.2) is 0 Å². The lowest BCUT2D eigenvalue weighted by Crippen LogP contribution is -2.02. The van der Waals surface area contributed by atoms with E-state index in [0.717, 1.165) is 22.6 Å². The molecule has 0 bridgehead atoms. The van der Waals surface area contributed by atoms with E-state index in [9.17, 15) is 10.1 Å². The van der Waals surface area contributed by atoms with E-state index in [4.69, 9.17) is 0 Å². The van der Waals surface area contributed by atoms with Gasteiger partial charge in [-0.3, -0.25) is 15.2 Å². The zero-order valence-corrected chi connectivity index (χ0v) is 11.2. The second-order valence-electron chi connectivity index (χ2n) is 4.52. The highest BCUT2D eigenvalue weighted by atomic mass is 16.6. The number of H-pyrrole nitrogens is 1. The van der Waals surface area contributed by atoms with E-state index in [1.54, 1.807) is 19.1 Å². The second kappa shape index (κ2) is 5.09. The number of aromatic amines is 1. The molecule has 0 aliphatic carbocycles. The number of hydrogen-bond donors (Lipinski definition) is 2. The van der Waals surface area contributed by atoms with Crippen LogP contribution in [-0.4, -0.2) is 15.1 Å². The number of hydrogen-bond acceptors (Lipinski definition) is 4. The number of anilines is 1. The van der Waals surface area contributed by atoms with Crippen LogP contribution in [0.25, 0.3) is 0 Å². The minimum absolute atomic E-state index is 0.130. The molecule has 0 spiro atoms. The summed E-state index contributed by atoms with van der Waals surface area (Å²) in [5.74, 6) is 0. The molecule has 1 heterocycles. The fourth-order valence-corrected chi connectivity index (χ4v) is 1.94. The lowest BCUT2D eigenvalue weighted by molar-refractivity contribution is -0.385. The van der Waals surface area contributed by atoms with Gasteiger partial charge in [-0.05, 0) is 26.8 Å². The number of benzene rings is 1. The van der Waals surface area contributed by atoms with Gasteiger partial charge in [0.1, 0.15) is 0 Å². The van der Waals surface area contributed by atoms with Gasteiger partial charge in [0, 0.05) is 35.1 Å². The van der Waals surface area contributed by atoms with Gasteiger partial charge in [-0.2, -0.15) is 5.10 Å². The summed E-state index contributed by atoms with van der Waals surface area (Å²) in [6.07, 6.45) is 0. The van der Waals surface area contributed by atoms with Crippen LogP contribution in [0.15, 0.2) is 18.2 Å². The maximum absolute atomic E-state index is 10.9. The molecule has 2 aromatic rings. The van der Waals surface area contributed by atoms with Gasteiger partial charge in [0.25, 0.3) is 5.69 Å². The molecule has 0 saturated heterocycles. The number of nitro groups is 1. The highest BCUT2D eigenvalue weighted by molar-refractivity contribution is 5.55. The lowest BCUT2D eigenvalue weighted by Gasteiger charge is -2.07. The van der Waals surface area contributed by atoms with E-state index in [2.05, 4.69) is 15.5 Å². The van der Waals surface area contributed by atoms with Crippen LogP contribution in [0, 0.1) is 30.9 Å². The maximum atomic E-state index is 10.9. The molecule has 0 aliphatic rings. The van der Waals surface area contributed by atoms with Crippen molar-refractivity contribution >= 4 is 11.4 Å². The van der Waals surface area contributed by atoms with Crippen molar-refractivity contribution in [1.29, 1.82) is 0 Å². The number of aromatic nitrogens is 2. The third kappa shape index (κ3) is 2.73. The third-order valence-corrected chi connectivity index (χ3v) is 3.16. The van der Waals surface area contributed by atoms with Crippen LogP contribution in [-0.2, 0) is 6.54 Å². The summed E-state index contributed by atoms with van der Waals surface area (Å²) in [5.41, 5.74) is 4.55. The maximum Gasteiger partial charge on any atom is 0.274 e. The van der Waals surface area contributed by atoms with Crippen molar-refractivity contribution in [3.8, 4) is 0 Å². The molecule has 0 aliphatic heterocycles. The van der Waals surface area contributed by atoms with Crippen LogP contribution in [0.3, 0.4) is 0 Å². The van der Waals surface area contributed by atoms with E-state index in [-0.39, 0.29) is 10.6 Å². The second-order valence-corrected chi connectivity index (χ2v) is 4.52. The Kier molecular flexibility index (Phi) is 3.50. The first-order chi connectivity index (χ1) is 8.99. The smallest absolute Gasteiger partial charge is 0.274 e. The van der Waals surface area contributed by atoms with Crippen molar-refractivity contribution in [2.75, 3.05) is 5.32 Å². The summed E-state index contributed by atoms with van der Waals surface area (Å²) in [7, 11) is 0. The average Bonchev–Trinajstić information content (AvgIpc) is 2.68. The molecule has 0 saturated carbocycles. The Morgan fingerprint density at radius 2 is 2.11 bits per heavy atom. The van der Waals surface area contributed by atoms with Crippen LogP contribution in [0.4, 0.5) is 11.4 Å². The van der Waals surface area contributed by atoms with Crippen molar-refractivity contribution in [3.05, 3.63) is 50.8 Å². The van der Waals surface area contributed by atoms with Gasteiger partial charge in [-0.1, -0.05) is 6.07 Å². The number of rotatable bonds is 4. The van der Waals surface area contributed by atoms with Gasteiger partial charge in [0.2, 0.25) is 0 Å². The van der Waals surface area contributed by atoms with Crippen molar-refractivity contribution in [1.82, 2.24) is 10.2 Å². The Labute approximate surface area is 111 Å². The largest absolute Gasteiger partial charge is 0.381 e. The molecular formula is C13H16N4O2. The third-order valence-electron chi connectivity index (χ3n) is 3.16. The summed E-state index contributed by atoms with van der Waals surface area (Å²) in [6, 6.07) is 5.14. The fraction of sp³-hybridized carbons (Fsp3) is 0.308. The normalized spacial score (nSPS) is 10.5. The number of aryl methyl sites for hydroxylation is 3. The predicted molar refractivity (Wildman–Crippen MR) is 73.2 cm³/mol. The molecule has 0 radical (unpaired) electrons. The van der Waals surface area contributed by atoms with Crippen LogP contribution >= 0.6 is 0 Å². The molecule has 0 atom stereocenters. The Balaban J connectivity index is 2.16. The molecular weight excluding hydrogens is 244 g/mol. The van der Waals surface area contributed by atoms with E-state index in [1.165, 1.54) is 0 Å². The Morgan fingerprint density at radius 3 is 2.68 bits per heavy atom. The first kappa shape index (κ1) is 13.1. The van der Waals surface area contributed by atoms with E-state index < -0.39 is 0 Å². The quantitative estimate of drug-likeness (QED) is 0.654. The van der Waals surface area contributed by atoms with Crippen LogP contribution in [0.1, 0.15) is 22.5 Å². The lowest BCUT2D eigenvalue weighted by atomic mass is 10.1. The van der Waals surface area contributed by atoms with Crippen molar-refractivity contribution in [3.63, 3.8) is 0 Å². The van der Waals surface area contributed by atoms with Gasteiger partial charge in [-0.15, -0.1) is 0 Å². The van der Waals surface area contributed by atoms with Crippen LogP contribution < -0.4 is 5.32 Å². The number of nitro benzene ring substituents is 1. The van der Waals surface area contributed by atoms with Crippen molar-refractivity contribution in [2.24, 2.45) is 0 Å². The highest BCUT2D eigenvalue weighted by Crippen LogP contribution is 2.23. The summed E-state index contributed by atoms with van der Waals surface area (Å²) in [4.78, 5) is 10.5. The molecule has 0 fully saturated rings. The van der Waals surface area contributed by atoms with E-state index in [1.807, 2.05) is 19.9 Å². The van der Waals surface area contributed by atoms with Crippen LogP contribution in [0.2, 0.25) is 0 Å². The zero-order chi connectivity index (χ0) is 14.0. The molecule has 1 aromatic heterocycles. The Hall–Kier alpha value is -2.37. The first-order valence-electron chi connectivity index (χ1n) is 5.98. The minimum Gasteiger partial charge on any atom is -0.381 e. The topological polar surface area (TPSA) is 83.8 Å². The van der Waals surface area contributed by atoms with E-state index >= 15 is 0 Å². The molecule has 6 heteroatoms. The minimum atomic E-state index is -0.366. The van der Waals surface area contributed by atoms with Gasteiger partial charge >= 0.3 is 0 Å². The average molecular weight is 260 g/mol. The highest BCUT2D eigenvalue weighted by Gasteiger charge is 2.11. The predicted octanol–water partition coefficient (Wildman–Crippen LogP) is 2.86. The molecule has 1 aromatic carbocycles. The van der Waals surface area contributed by atoms with Gasteiger partial charge < -0.3 is 5.32 Å². The molecule has 19 heavy (non-hydrogen) atoms. The SMILES string of the molecule is Cc1ccc(NCc2c(C)n[nH]c2C)cc1[N+](=O)[O-]. The standard InChI is InChI=1S/C13H16N4O2/c1-8-4-5-11(6-13(8)17(18)19)14-7-12-9(2)15-16-10(12)3/h4-6,14H,7H2,1-3H3,(H,15,16). The molecule has 2 N–H and O–H groups in total. The summed E-state index contributed by atoms with van der Waals surface area (Å²) in [6.45, 7) is 6.20. The van der Waals surface area contributed by atoms with Crippen molar-refractivity contribution < 1.29 is 4.92 Å². The van der Waals surface area contributed by atoms with Crippen molar-refractivity contribution in [2.45, 2.75) is 27.3 Å². The monoisotopic (exact) mass is 260 g/mol. The number of nitrogens with zero attached hydrogens (tertiary/aromatic N) is 2. The van der Waals surface area contributed by atoms with Gasteiger partial charge in [0.05, 0.1) is 10.6 Å². The molecule has 0 amide bonds. The molecule has 6 nitrogen and oxygen atoms in total. The Bertz CT molecular complexity index is 600. The molecule has 2 rings (SSSR count).